The first-order valence-electron chi connectivity index (χ1n) is 8.67. The van der Waals surface area contributed by atoms with Crippen molar-refractivity contribution in [2.24, 2.45) is 0 Å². The first-order valence-corrected chi connectivity index (χ1v) is 9.05. The van der Waals surface area contributed by atoms with E-state index in [1.165, 1.54) is 4.90 Å². The summed E-state index contributed by atoms with van der Waals surface area (Å²) in [5, 5.41) is 4.23. The number of nitrogens with zero attached hydrogens (tertiary/aromatic N) is 2. The molecule has 5 nitrogen and oxygen atoms in total. The number of halogens is 1. The van der Waals surface area contributed by atoms with Gasteiger partial charge >= 0.3 is 6.03 Å². The van der Waals surface area contributed by atoms with Gasteiger partial charge in [0.25, 0.3) is 5.91 Å². The maximum Gasteiger partial charge on any atom is 0.329 e. The monoisotopic (exact) mass is 389 g/mol. The van der Waals surface area contributed by atoms with E-state index in [-0.39, 0.29) is 18.1 Å². The lowest BCUT2D eigenvalue weighted by Gasteiger charge is -2.11. The molecule has 2 heterocycles. The molecule has 3 amide bonds. The van der Waals surface area contributed by atoms with Crippen LogP contribution in [0.4, 0.5) is 4.79 Å². The maximum atomic E-state index is 12.8. The fraction of sp³-hybridized carbons (Fsp3) is 0.0909. The van der Waals surface area contributed by atoms with Crippen molar-refractivity contribution < 1.29 is 9.59 Å². The third-order valence-electron chi connectivity index (χ3n) is 4.60. The van der Waals surface area contributed by atoms with Crippen molar-refractivity contribution in [2.45, 2.75) is 13.1 Å². The van der Waals surface area contributed by atoms with E-state index in [1.807, 2.05) is 35.0 Å². The summed E-state index contributed by atoms with van der Waals surface area (Å²) < 4.78 is 1.94. The first kappa shape index (κ1) is 17.9. The van der Waals surface area contributed by atoms with E-state index in [2.05, 4.69) is 11.2 Å². The van der Waals surface area contributed by atoms with Crippen LogP contribution < -0.4 is 5.32 Å². The molecule has 0 aliphatic carbocycles. The Morgan fingerprint density at radius 3 is 2.61 bits per heavy atom. The van der Waals surface area contributed by atoms with Gasteiger partial charge in [0, 0.05) is 27.7 Å². The summed E-state index contributed by atoms with van der Waals surface area (Å²) in [4.78, 5) is 26.3. The van der Waals surface area contributed by atoms with E-state index >= 15 is 0 Å². The van der Waals surface area contributed by atoms with Crippen LogP contribution in [0, 0.1) is 12.3 Å². The largest absolute Gasteiger partial charge is 0.335 e. The molecule has 0 unspecified atom stereocenters. The molecule has 4 rings (SSSR count). The molecule has 0 saturated carbocycles. The van der Waals surface area contributed by atoms with Crippen molar-refractivity contribution in [3.05, 3.63) is 76.6 Å². The van der Waals surface area contributed by atoms with E-state index in [0.717, 1.165) is 22.0 Å². The van der Waals surface area contributed by atoms with Gasteiger partial charge < -0.3 is 9.88 Å². The third kappa shape index (κ3) is 3.26. The van der Waals surface area contributed by atoms with Crippen LogP contribution in [0.2, 0.25) is 5.02 Å². The Bertz CT molecular complexity index is 1150. The fourth-order valence-electron chi connectivity index (χ4n) is 3.26. The molecule has 1 aliphatic rings. The summed E-state index contributed by atoms with van der Waals surface area (Å²) in [5.74, 6) is 2.26. The number of carbonyl (C=O) groups excluding carboxylic acids is 2. The number of terminal acetylenes is 1. The lowest BCUT2D eigenvalue weighted by Crippen LogP contribution is -2.30. The SMILES string of the molecule is C#CCn1cc(C=C2NC(=O)N(Cc3ccc(Cl)cc3)C2=O)c2ccccc21. The Morgan fingerprint density at radius 1 is 1.11 bits per heavy atom. The number of amides is 3. The quantitative estimate of drug-likeness (QED) is 0.416. The summed E-state index contributed by atoms with van der Waals surface area (Å²) in [6, 6.07) is 14.4. The highest BCUT2D eigenvalue weighted by atomic mass is 35.5. The number of imide groups is 1. The summed E-state index contributed by atoms with van der Waals surface area (Å²) in [5.41, 5.74) is 2.85. The van der Waals surface area contributed by atoms with E-state index in [4.69, 9.17) is 18.0 Å². The molecule has 1 aliphatic heterocycles. The molecule has 1 aromatic heterocycles. The maximum absolute atomic E-state index is 12.8. The van der Waals surface area contributed by atoms with Crippen LogP contribution in [-0.2, 0) is 17.9 Å². The van der Waals surface area contributed by atoms with Crippen LogP contribution in [0.25, 0.3) is 17.0 Å². The molecule has 0 atom stereocenters. The highest BCUT2D eigenvalue weighted by Gasteiger charge is 2.33. The predicted molar refractivity (Wildman–Crippen MR) is 109 cm³/mol. The van der Waals surface area contributed by atoms with Gasteiger partial charge in [0.05, 0.1) is 13.1 Å². The molecule has 28 heavy (non-hydrogen) atoms. The molecule has 1 fully saturated rings. The molecule has 1 saturated heterocycles. The number of carbonyl (C=O) groups is 2. The number of urea groups is 1. The lowest BCUT2D eigenvalue weighted by atomic mass is 10.1. The second kappa shape index (κ2) is 7.26. The molecule has 0 bridgehead atoms. The average molecular weight is 390 g/mol. The van der Waals surface area contributed by atoms with Crippen LogP contribution in [0.3, 0.4) is 0 Å². The zero-order chi connectivity index (χ0) is 19.7. The predicted octanol–water partition coefficient (Wildman–Crippen LogP) is 4.02. The Labute approximate surface area is 167 Å². The number of para-hydroxylation sites is 1. The Kier molecular flexibility index (Phi) is 4.64. The molecular weight excluding hydrogens is 374 g/mol. The van der Waals surface area contributed by atoms with Crippen molar-refractivity contribution >= 4 is 40.5 Å². The second-order valence-electron chi connectivity index (χ2n) is 6.44. The molecule has 138 valence electrons. The number of nitrogens with one attached hydrogen (secondary N) is 1. The van der Waals surface area contributed by atoms with Crippen LogP contribution in [-0.4, -0.2) is 21.4 Å². The van der Waals surface area contributed by atoms with Gasteiger partial charge in [-0.1, -0.05) is 47.9 Å². The number of fused-ring (bicyclic) bond motifs is 1. The highest BCUT2D eigenvalue weighted by Crippen LogP contribution is 2.25. The third-order valence-corrected chi connectivity index (χ3v) is 4.85. The minimum Gasteiger partial charge on any atom is -0.335 e. The summed E-state index contributed by atoms with van der Waals surface area (Å²) >= 11 is 5.89. The van der Waals surface area contributed by atoms with Crippen LogP contribution in [0.15, 0.2) is 60.4 Å². The summed E-state index contributed by atoms with van der Waals surface area (Å²) in [6.45, 7) is 0.602. The van der Waals surface area contributed by atoms with Crippen molar-refractivity contribution in [1.82, 2.24) is 14.8 Å². The molecule has 1 N–H and O–H groups in total. The Hall–Kier alpha value is -3.49. The number of aromatic nitrogens is 1. The molecular formula is C22H16ClN3O2. The normalized spacial score (nSPS) is 15.3. The summed E-state index contributed by atoms with van der Waals surface area (Å²) in [7, 11) is 0. The zero-order valence-electron chi connectivity index (χ0n) is 14.9. The average Bonchev–Trinajstić information content (AvgIpc) is 3.17. The van der Waals surface area contributed by atoms with Gasteiger partial charge in [0.15, 0.2) is 0 Å². The van der Waals surface area contributed by atoms with Crippen molar-refractivity contribution in [3.8, 4) is 12.3 Å². The van der Waals surface area contributed by atoms with Gasteiger partial charge in [-0.05, 0) is 29.8 Å². The van der Waals surface area contributed by atoms with Crippen LogP contribution in [0.5, 0.6) is 0 Å². The molecule has 2 aromatic carbocycles. The van der Waals surface area contributed by atoms with E-state index < -0.39 is 6.03 Å². The van der Waals surface area contributed by atoms with Gasteiger partial charge in [0.1, 0.15) is 5.70 Å². The molecule has 3 aromatic rings. The lowest BCUT2D eigenvalue weighted by molar-refractivity contribution is -0.123. The Balaban J connectivity index is 1.65. The van der Waals surface area contributed by atoms with E-state index in [1.54, 1.807) is 30.3 Å². The Morgan fingerprint density at radius 2 is 1.86 bits per heavy atom. The zero-order valence-corrected chi connectivity index (χ0v) is 15.6. The van der Waals surface area contributed by atoms with Gasteiger partial charge in [-0.2, -0.15) is 0 Å². The molecule has 0 radical (unpaired) electrons. The summed E-state index contributed by atoms with van der Waals surface area (Å²) in [6.07, 6.45) is 9.03. The van der Waals surface area contributed by atoms with Crippen molar-refractivity contribution in [2.75, 3.05) is 0 Å². The first-order chi connectivity index (χ1) is 13.6. The minimum atomic E-state index is -0.446. The number of hydrogen-bond acceptors (Lipinski definition) is 2. The number of benzene rings is 2. The second-order valence-corrected chi connectivity index (χ2v) is 6.88. The van der Waals surface area contributed by atoms with Gasteiger partial charge in [0.2, 0.25) is 0 Å². The molecule has 6 heteroatoms. The van der Waals surface area contributed by atoms with Crippen molar-refractivity contribution in [3.63, 3.8) is 0 Å². The topological polar surface area (TPSA) is 54.3 Å². The minimum absolute atomic E-state index is 0.179. The highest BCUT2D eigenvalue weighted by molar-refractivity contribution is 6.30. The van der Waals surface area contributed by atoms with Gasteiger partial charge in [-0.3, -0.25) is 9.69 Å². The standard InChI is InChI=1S/C22H16ClN3O2/c1-2-11-25-14-16(18-5-3-4-6-20(18)25)12-19-21(27)26(22(28)24-19)13-15-7-9-17(23)10-8-15/h1,3-10,12,14H,11,13H2,(H,24,28). The van der Waals surface area contributed by atoms with E-state index in [0.29, 0.717) is 11.6 Å². The van der Waals surface area contributed by atoms with Gasteiger partial charge in [-0.15, -0.1) is 6.42 Å². The van der Waals surface area contributed by atoms with Crippen LogP contribution in [0.1, 0.15) is 11.1 Å². The smallest absolute Gasteiger partial charge is 0.329 e. The fourth-order valence-corrected chi connectivity index (χ4v) is 3.39. The van der Waals surface area contributed by atoms with E-state index in [9.17, 15) is 9.59 Å². The number of rotatable bonds is 4. The van der Waals surface area contributed by atoms with Gasteiger partial charge in [-0.25, -0.2) is 4.79 Å². The van der Waals surface area contributed by atoms with Crippen molar-refractivity contribution in [1.29, 1.82) is 0 Å². The van der Waals surface area contributed by atoms with Crippen LogP contribution >= 0.6 is 11.6 Å². The number of hydrogen-bond donors (Lipinski definition) is 1. The molecule has 0 spiro atoms.